The molecule has 0 amide bonds. The largest absolute Gasteiger partial charge is 0.378 e. The third-order valence-electron chi connectivity index (χ3n) is 3.76. The van der Waals surface area contributed by atoms with Gasteiger partial charge in [-0.05, 0) is 37.8 Å². The van der Waals surface area contributed by atoms with Gasteiger partial charge in [0.15, 0.2) is 9.84 Å². The molecule has 1 saturated carbocycles. The summed E-state index contributed by atoms with van der Waals surface area (Å²) in [5.41, 5.74) is 5.76. The number of nitrogens with zero attached hydrogens (tertiary/aromatic N) is 1. The van der Waals surface area contributed by atoms with Crippen molar-refractivity contribution in [1.29, 1.82) is 0 Å². The van der Waals surface area contributed by atoms with Gasteiger partial charge in [0.2, 0.25) is 0 Å². The SMILES string of the molecule is CC(N)(CNc1ccc(S(C)(=O)=O)cc1[N+](=O)[O-])C1CC1. The maximum atomic E-state index is 11.5. The molecule has 0 heterocycles. The van der Waals surface area contributed by atoms with Gasteiger partial charge in [-0.2, -0.15) is 0 Å². The molecule has 0 aliphatic heterocycles. The van der Waals surface area contributed by atoms with Crippen molar-refractivity contribution in [1.82, 2.24) is 0 Å². The molecular weight excluding hydrogens is 294 g/mol. The topological polar surface area (TPSA) is 115 Å². The second-order valence-corrected chi connectivity index (χ2v) is 7.86. The summed E-state index contributed by atoms with van der Waals surface area (Å²) in [5, 5.41) is 14.1. The third-order valence-corrected chi connectivity index (χ3v) is 4.87. The molecule has 8 heteroatoms. The third kappa shape index (κ3) is 3.70. The van der Waals surface area contributed by atoms with Crippen molar-refractivity contribution in [2.24, 2.45) is 11.7 Å². The summed E-state index contributed by atoms with van der Waals surface area (Å²) < 4.78 is 22.9. The van der Waals surface area contributed by atoms with Crippen LogP contribution in [0.3, 0.4) is 0 Å². The van der Waals surface area contributed by atoms with Crippen molar-refractivity contribution in [2.45, 2.75) is 30.2 Å². The van der Waals surface area contributed by atoms with Crippen LogP contribution in [0, 0.1) is 16.0 Å². The molecule has 1 atom stereocenters. The van der Waals surface area contributed by atoms with Crippen LogP contribution in [-0.2, 0) is 9.84 Å². The molecule has 21 heavy (non-hydrogen) atoms. The van der Waals surface area contributed by atoms with Gasteiger partial charge in [0, 0.05) is 24.4 Å². The number of nitrogens with two attached hydrogens (primary N) is 1. The number of hydrogen-bond acceptors (Lipinski definition) is 6. The lowest BCUT2D eigenvalue weighted by atomic mass is 9.97. The van der Waals surface area contributed by atoms with Crippen LogP contribution in [0.2, 0.25) is 0 Å². The smallest absolute Gasteiger partial charge is 0.293 e. The van der Waals surface area contributed by atoms with Crippen LogP contribution in [0.1, 0.15) is 19.8 Å². The lowest BCUT2D eigenvalue weighted by Crippen LogP contribution is -2.45. The van der Waals surface area contributed by atoms with Gasteiger partial charge in [-0.3, -0.25) is 10.1 Å². The fraction of sp³-hybridized carbons (Fsp3) is 0.538. The summed E-state index contributed by atoms with van der Waals surface area (Å²) in [6.07, 6.45) is 3.16. The summed E-state index contributed by atoms with van der Waals surface area (Å²) in [4.78, 5) is 10.4. The van der Waals surface area contributed by atoms with Gasteiger partial charge >= 0.3 is 0 Å². The monoisotopic (exact) mass is 313 g/mol. The fourth-order valence-electron chi connectivity index (χ4n) is 2.22. The number of hydrogen-bond donors (Lipinski definition) is 2. The number of sulfone groups is 1. The molecule has 1 unspecified atom stereocenters. The Morgan fingerprint density at radius 2 is 2.10 bits per heavy atom. The Labute approximate surface area is 123 Å². The maximum Gasteiger partial charge on any atom is 0.293 e. The van der Waals surface area contributed by atoms with Crippen molar-refractivity contribution in [3.8, 4) is 0 Å². The van der Waals surface area contributed by atoms with E-state index in [1.54, 1.807) is 0 Å². The summed E-state index contributed by atoms with van der Waals surface area (Å²) in [5.74, 6) is 0.430. The average molecular weight is 313 g/mol. The highest BCUT2D eigenvalue weighted by atomic mass is 32.2. The fourth-order valence-corrected chi connectivity index (χ4v) is 2.86. The predicted molar refractivity (Wildman–Crippen MR) is 80.0 cm³/mol. The number of nitro benzene ring substituents is 1. The number of nitro groups is 1. The predicted octanol–water partition coefficient (Wildman–Crippen LogP) is 1.54. The Morgan fingerprint density at radius 1 is 1.48 bits per heavy atom. The van der Waals surface area contributed by atoms with Crippen LogP contribution in [0.25, 0.3) is 0 Å². The molecule has 7 nitrogen and oxygen atoms in total. The molecule has 1 aliphatic carbocycles. The molecule has 0 bridgehead atoms. The summed E-state index contributed by atoms with van der Waals surface area (Å²) in [6, 6.07) is 3.84. The number of nitrogens with one attached hydrogen (secondary N) is 1. The lowest BCUT2D eigenvalue weighted by Gasteiger charge is -2.25. The van der Waals surface area contributed by atoms with E-state index in [1.165, 1.54) is 12.1 Å². The molecule has 0 spiro atoms. The van der Waals surface area contributed by atoms with Gasteiger partial charge in [0.1, 0.15) is 5.69 Å². The van der Waals surface area contributed by atoms with E-state index in [1.807, 2.05) is 6.92 Å². The summed E-state index contributed by atoms with van der Waals surface area (Å²) >= 11 is 0. The van der Waals surface area contributed by atoms with E-state index in [0.29, 0.717) is 12.5 Å². The van der Waals surface area contributed by atoms with Crippen molar-refractivity contribution < 1.29 is 13.3 Å². The first kappa shape index (κ1) is 15.7. The quantitative estimate of drug-likeness (QED) is 0.608. The zero-order valence-corrected chi connectivity index (χ0v) is 12.8. The van der Waals surface area contributed by atoms with Crippen molar-refractivity contribution >= 4 is 21.2 Å². The van der Waals surface area contributed by atoms with Gasteiger partial charge in [-0.25, -0.2) is 8.42 Å². The minimum Gasteiger partial charge on any atom is -0.378 e. The molecule has 0 saturated heterocycles. The van der Waals surface area contributed by atoms with Gasteiger partial charge < -0.3 is 11.1 Å². The Balaban J connectivity index is 2.24. The highest BCUT2D eigenvalue weighted by Gasteiger charge is 2.38. The Bertz CT molecular complexity index is 666. The molecule has 0 radical (unpaired) electrons. The summed E-state index contributed by atoms with van der Waals surface area (Å²) in [6.45, 7) is 2.31. The van der Waals surface area contributed by atoms with E-state index in [4.69, 9.17) is 5.73 Å². The van der Waals surface area contributed by atoms with Crippen molar-refractivity contribution in [2.75, 3.05) is 18.1 Å². The van der Waals surface area contributed by atoms with Crippen LogP contribution < -0.4 is 11.1 Å². The molecule has 2 rings (SSSR count). The van der Waals surface area contributed by atoms with E-state index in [2.05, 4.69) is 5.32 Å². The van der Waals surface area contributed by atoms with Crippen LogP contribution in [0.4, 0.5) is 11.4 Å². The molecule has 116 valence electrons. The van der Waals surface area contributed by atoms with Crippen molar-refractivity contribution in [3.63, 3.8) is 0 Å². The van der Waals surface area contributed by atoms with Gasteiger partial charge in [0.25, 0.3) is 5.69 Å². The standard InChI is InChI=1S/C13H19N3O4S/c1-13(14,9-3-4-9)8-15-11-6-5-10(21(2,19)20)7-12(11)16(17)18/h5-7,9,15H,3-4,8,14H2,1-2H3. The lowest BCUT2D eigenvalue weighted by molar-refractivity contribution is -0.384. The van der Waals surface area contributed by atoms with Crippen molar-refractivity contribution in [3.05, 3.63) is 28.3 Å². The van der Waals surface area contributed by atoms with Crippen LogP contribution in [-0.4, -0.2) is 31.7 Å². The first-order valence-electron chi connectivity index (χ1n) is 6.62. The first-order valence-corrected chi connectivity index (χ1v) is 8.51. The van der Waals surface area contributed by atoms with E-state index in [0.717, 1.165) is 25.2 Å². The number of anilines is 1. The van der Waals surface area contributed by atoms with E-state index in [-0.39, 0.29) is 16.3 Å². The van der Waals surface area contributed by atoms with Gasteiger partial charge in [0.05, 0.1) is 9.82 Å². The molecule has 1 aliphatic rings. The molecular formula is C13H19N3O4S. The number of rotatable bonds is 6. The van der Waals surface area contributed by atoms with Crippen LogP contribution in [0.15, 0.2) is 23.1 Å². The van der Waals surface area contributed by atoms with Gasteiger partial charge in [-0.15, -0.1) is 0 Å². The Hall–Kier alpha value is -1.67. The van der Waals surface area contributed by atoms with Gasteiger partial charge in [-0.1, -0.05) is 0 Å². The Morgan fingerprint density at radius 3 is 2.57 bits per heavy atom. The minimum absolute atomic E-state index is 0.0718. The second kappa shape index (κ2) is 5.27. The Kier molecular flexibility index (Phi) is 3.94. The second-order valence-electron chi connectivity index (χ2n) is 5.84. The molecule has 3 N–H and O–H groups in total. The molecule has 1 aromatic rings. The highest BCUT2D eigenvalue weighted by Crippen LogP contribution is 2.38. The van der Waals surface area contributed by atoms with Crippen LogP contribution in [0.5, 0.6) is 0 Å². The zero-order chi connectivity index (χ0) is 15.8. The highest BCUT2D eigenvalue weighted by molar-refractivity contribution is 7.90. The zero-order valence-electron chi connectivity index (χ0n) is 12.0. The first-order chi connectivity index (χ1) is 9.61. The van der Waals surface area contributed by atoms with E-state index in [9.17, 15) is 18.5 Å². The average Bonchev–Trinajstić information content (AvgIpc) is 3.19. The van der Waals surface area contributed by atoms with E-state index >= 15 is 0 Å². The molecule has 1 aromatic carbocycles. The minimum atomic E-state index is -3.48. The molecule has 0 aromatic heterocycles. The number of benzene rings is 1. The summed E-state index contributed by atoms with van der Waals surface area (Å²) in [7, 11) is -3.48. The molecule has 1 fully saturated rings. The normalized spacial score (nSPS) is 18.0. The maximum absolute atomic E-state index is 11.5. The van der Waals surface area contributed by atoms with Crippen LogP contribution >= 0.6 is 0 Å². The van der Waals surface area contributed by atoms with E-state index < -0.39 is 20.3 Å².